The third-order valence-electron chi connectivity index (χ3n) is 1.89. The molecule has 0 aromatic heterocycles. The number of sulfonamides is 1. The first-order chi connectivity index (χ1) is 6.73. The van der Waals surface area contributed by atoms with Crippen LogP contribution in [-0.4, -0.2) is 42.3 Å². The zero-order chi connectivity index (χ0) is 12.1. The largest absolute Gasteiger partial charge is 0.389 e. The van der Waals surface area contributed by atoms with Gasteiger partial charge in [-0.2, -0.15) is 4.31 Å². The molecule has 0 heterocycles. The minimum atomic E-state index is -3.27. The predicted octanol–water partition coefficient (Wildman–Crippen LogP) is 0.985. The third kappa shape index (κ3) is 5.92. The Kier molecular flexibility index (Phi) is 5.48. The lowest BCUT2D eigenvalue weighted by atomic mass is 10.1. The van der Waals surface area contributed by atoms with Gasteiger partial charge in [-0.3, -0.25) is 0 Å². The van der Waals surface area contributed by atoms with E-state index >= 15 is 0 Å². The Balaban J connectivity index is 4.59. The highest BCUT2D eigenvalue weighted by atomic mass is 32.2. The molecule has 0 unspecified atom stereocenters. The zero-order valence-corrected chi connectivity index (χ0v) is 10.5. The molecule has 0 saturated carbocycles. The van der Waals surface area contributed by atoms with Crippen LogP contribution in [0.4, 0.5) is 0 Å². The average Bonchev–Trinajstić information content (AvgIpc) is 2.09. The Hall–Kier alpha value is -0.390. The summed E-state index contributed by atoms with van der Waals surface area (Å²) < 4.78 is 24.8. The van der Waals surface area contributed by atoms with Crippen molar-refractivity contribution in [3.05, 3.63) is 12.7 Å². The quantitative estimate of drug-likeness (QED) is 0.669. The van der Waals surface area contributed by atoms with Crippen molar-refractivity contribution >= 4 is 10.0 Å². The normalized spacial score (nSPS) is 13.1. The van der Waals surface area contributed by atoms with Gasteiger partial charge in [-0.1, -0.05) is 13.0 Å². The van der Waals surface area contributed by atoms with E-state index in [1.807, 2.05) is 0 Å². The van der Waals surface area contributed by atoms with Crippen LogP contribution in [0.1, 0.15) is 27.2 Å². The number of likely N-dealkylation sites (N-methyl/N-ethyl adjacent to an activating group) is 1. The Bertz CT molecular complexity index is 290. The van der Waals surface area contributed by atoms with Gasteiger partial charge in [0.2, 0.25) is 10.0 Å². The van der Waals surface area contributed by atoms with Crippen LogP contribution >= 0.6 is 0 Å². The molecule has 0 amide bonds. The minimum Gasteiger partial charge on any atom is -0.389 e. The van der Waals surface area contributed by atoms with Crippen molar-refractivity contribution in [3.63, 3.8) is 0 Å². The summed E-state index contributed by atoms with van der Waals surface area (Å²) in [4.78, 5) is 0. The van der Waals surface area contributed by atoms with Gasteiger partial charge in [0.25, 0.3) is 0 Å². The number of allylic oxidation sites excluding steroid dienone is 1. The molecule has 1 N–H and O–H groups in total. The lowest BCUT2D eigenvalue weighted by Gasteiger charge is -2.27. The molecule has 0 aromatic carbocycles. The van der Waals surface area contributed by atoms with Crippen LogP contribution in [0.3, 0.4) is 0 Å². The van der Waals surface area contributed by atoms with Crippen LogP contribution < -0.4 is 0 Å². The van der Waals surface area contributed by atoms with Crippen molar-refractivity contribution in [1.29, 1.82) is 0 Å². The first-order valence-corrected chi connectivity index (χ1v) is 6.65. The van der Waals surface area contributed by atoms with E-state index in [2.05, 4.69) is 6.58 Å². The Morgan fingerprint density at radius 3 is 2.33 bits per heavy atom. The van der Waals surface area contributed by atoms with Crippen molar-refractivity contribution in [2.45, 2.75) is 32.8 Å². The van der Waals surface area contributed by atoms with Gasteiger partial charge in [0.1, 0.15) is 0 Å². The van der Waals surface area contributed by atoms with E-state index < -0.39 is 15.6 Å². The summed E-state index contributed by atoms with van der Waals surface area (Å²) in [6.45, 7) is 8.95. The van der Waals surface area contributed by atoms with Crippen molar-refractivity contribution < 1.29 is 13.5 Å². The Morgan fingerprint density at radius 1 is 1.47 bits per heavy atom. The monoisotopic (exact) mass is 235 g/mol. The Morgan fingerprint density at radius 2 is 2.00 bits per heavy atom. The minimum absolute atomic E-state index is 0.0560. The fourth-order valence-electron chi connectivity index (χ4n) is 1.20. The molecule has 0 aliphatic heterocycles. The smallest absolute Gasteiger partial charge is 0.214 e. The second-order valence-corrected chi connectivity index (χ2v) is 6.22. The molecule has 0 aliphatic rings. The second kappa shape index (κ2) is 5.63. The maximum atomic E-state index is 11.8. The van der Waals surface area contributed by atoms with Gasteiger partial charge in [0.05, 0.1) is 11.4 Å². The average molecular weight is 235 g/mol. The van der Waals surface area contributed by atoms with Gasteiger partial charge in [-0.05, 0) is 20.3 Å². The van der Waals surface area contributed by atoms with E-state index in [0.717, 1.165) is 0 Å². The number of aliphatic hydroxyl groups is 1. The van der Waals surface area contributed by atoms with Crippen molar-refractivity contribution in [1.82, 2.24) is 4.31 Å². The van der Waals surface area contributed by atoms with Crippen LogP contribution in [-0.2, 0) is 10.0 Å². The summed E-state index contributed by atoms with van der Waals surface area (Å²) in [7, 11) is -3.27. The van der Waals surface area contributed by atoms with E-state index in [4.69, 9.17) is 0 Å². The van der Waals surface area contributed by atoms with Crippen LogP contribution in [0.25, 0.3) is 0 Å². The summed E-state index contributed by atoms with van der Waals surface area (Å²) in [6.07, 6.45) is 2.01. The summed E-state index contributed by atoms with van der Waals surface area (Å²) in [6, 6.07) is 0. The summed E-state index contributed by atoms with van der Waals surface area (Å²) in [5.74, 6) is 0.0560. The molecule has 0 atom stereocenters. The molecule has 0 aromatic rings. The molecular weight excluding hydrogens is 214 g/mol. The molecule has 4 nitrogen and oxygen atoms in total. The van der Waals surface area contributed by atoms with E-state index in [0.29, 0.717) is 13.0 Å². The number of nitrogens with zero attached hydrogens (tertiary/aromatic N) is 1. The molecule has 5 heteroatoms. The molecule has 15 heavy (non-hydrogen) atoms. The van der Waals surface area contributed by atoms with Gasteiger partial charge in [0, 0.05) is 13.1 Å². The first-order valence-electron chi connectivity index (χ1n) is 5.04. The maximum Gasteiger partial charge on any atom is 0.214 e. The van der Waals surface area contributed by atoms with Crippen LogP contribution in [0, 0.1) is 0 Å². The molecule has 0 radical (unpaired) electrons. The predicted molar refractivity (Wildman–Crippen MR) is 62.1 cm³/mol. The molecule has 0 rings (SSSR count). The summed E-state index contributed by atoms with van der Waals surface area (Å²) in [5.41, 5.74) is -1.00. The van der Waals surface area contributed by atoms with Crippen LogP contribution in [0.15, 0.2) is 12.7 Å². The highest BCUT2D eigenvalue weighted by Gasteiger charge is 2.25. The second-order valence-electron chi connectivity index (χ2n) is 4.13. The number of hydrogen-bond acceptors (Lipinski definition) is 3. The molecule has 0 aliphatic carbocycles. The summed E-state index contributed by atoms with van der Waals surface area (Å²) >= 11 is 0. The zero-order valence-electron chi connectivity index (χ0n) is 9.73. The SMILES string of the molecule is C=CCCS(=O)(=O)N(CC)CC(C)(C)O. The first kappa shape index (κ1) is 14.6. The van der Waals surface area contributed by atoms with Crippen LogP contribution in [0.5, 0.6) is 0 Å². The van der Waals surface area contributed by atoms with Crippen molar-refractivity contribution in [3.8, 4) is 0 Å². The van der Waals surface area contributed by atoms with E-state index in [1.54, 1.807) is 26.8 Å². The highest BCUT2D eigenvalue weighted by Crippen LogP contribution is 2.10. The van der Waals surface area contributed by atoms with Crippen LogP contribution in [0.2, 0.25) is 0 Å². The Labute approximate surface area is 92.6 Å². The third-order valence-corrected chi connectivity index (χ3v) is 3.82. The fraction of sp³-hybridized carbons (Fsp3) is 0.800. The van der Waals surface area contributed by atoms with Crippen molar-refractivity contribution in [2.75, 3.05) is 18.8 Å². The van der Waals surface area contributed by atoms with E-state index in [9.17, 15) is 13.5 Å². The topological polar surface area (TPSA) is 57.6 Å². The van der Waals surface area contributed by atoms with Gasteiger partial charge < -0.3 is 5.11 Å². The molecule has 0 bridgehead atoms. The lowest BCUT2D eigenvalue weighted by molar-refractivity contribution is 0.0601. The van der Waals surface area contributed by atoms with Crippen molar-refractivity contribution in [2.24, 2.45) is 0 Å². The van der Waals surface area contributed by atoms with Gasteiger partial charge in [-0.15, -0.1) is 6.58 Å². The van der Waals surface area contributed by atoms with Gasteiger partial charge in [-0.25, -0.2) is 8.42 Å². The van der Waals surface area contributed by atoms with E-state index in [-0.39, 0.29) is 12.3 Å². The molecule has 90 valence electrons. The molecular formula is C10H21NO3S. The van der Waals surface area contributed by atoms with E-state index in [1.165, 1.54) is 4.31 Å². The van der Waals surface area contributed by atoms with Gasteiger partial charge in [0.15, 0.2) is 0 Å². The number of hydrogen-bond donors (Lipinski definition) is 1. The molecule has 0 saturated heterocycles. The molecule has 0 spiro atoms. The summed E-state index contributed by atoms with van der Waals surface area (Å²) in [5, 5.41) is 9.58. The lowest BCUT2D eigenvalue weighted by Crippen LogP contribution is -2.42. The highest BCUT2D eigenvalue weighted by molar-refractivity contribution is 7.89. The number of rotatable bonds is 7. The fourth-order valence-corrected chi connectivity index (χ4v) is 2.83. The molecule has 0 fully saturated rings. The van der Waals surface area contributed by atoms with Gasteiger partial charge >= 0.3 is 0 Å². The maximum absolute atomic E-state index is 11.8. The standard InChI is InChI=1S/C10H21NO3S/c1-5-7-8-15(13,14)11(6-2)9-10(3,4)12/h5,12H,1,6-9H2,2-4H3.